The largest absolute Gasteiger partial charge is 0.310 e. The van der Waals surface area contributed by atoms with E-state index in [9.17, 15) is 4.79 Å². The van der Waals surface area contributed by atoms with Crippen LogP contribution in [0.3, 0.4) is 0 Å². The lowest BCUT2D eigenvalue weighted by Crippen LogP contribution is -2.15. The fraction of sp³-hybridized carbons (Fsp3) is 0.500. The molecule has 1 aromatic carbocycles. The number of carbonyl (C=O) groups excluding carboxylic acids is 1. The molecule has 1 N–H and O–H groups in total. The number of benzene rings is 1. The molecule has 0 aromatic heterocycles. The summed E-state index contributed by atoms with van der Waals surface area (Å²) in [5.74, 6) is 0.248. The molecule has 1 atom stereocenters. The average molecular weight is 217 g/mol. The molecule has 0 amide bonds. The fourth-order valence-electron chi connectivity index (χ4n) is 2.47. The van der Waals surface area contributed by atoms with Crippen molar-refractivity contribution in [3.63, 3.8) is 0 Å². The van der Waals surface area contributed by atoms with Gasteiger partial charge in [-0.1, -0.05) is 25.1 Å². The van der Waals surface area contributed by atoms with E-state index in [-0.39, 0.29) is 5.78 Å². The number of rotatable bonds is 3. The van der Waals surface area contributed by atoms with Crippen LogP contribution in [0.25, 0.3) is 0 Å². The number of hydrogen-bond acceptors (Lipinski definition) is 2. The molecule has 1 saturated heterocycles. The molecule has 1 aliphatic heterocycles. The first-order valence-corrected chi connectivity index (χ1v) is 6.10. The van der Waals surface area contributed by atoms with Crippen LogP contribution >= 0.6 is 0 Å². The third kappa shape index (κ3) is 2.03. The predicted molar refractivity (Wildman–Crippen MR) is 65.8 cm³/mol. The lowest BCUT2D eigenvalue weighted by Gasteiger charge is -2.16. The zero-order valence-electron chi connectivity index (χ0n) is 10.0. The quantitative estimate of drug-likeness (QED) is 0.788. The second-order valence-electron chi connectivity index (χ2n) is 4.45. The summed E-state index contributed by atoms with van der Waals surface area (Å²) in [6.45, 7) is 5.08. The first-order valence-electron chi connectivity index (χ1n) is 6.10. The first-order chi connectivity index (χ1) is 7.74. The summed E-state index contributed by atoms with van der Waals surface area (Å²) >= 11 is 0. The molecule has 0 spiro atoms. The van der Waals surface area contributed by atoms with Gasteiger partial charge in [0.1, 0.15) is 0 Å². The minimum absolute atomic E-state index is 0.248. The molecule has 2 nitrogen and oxygen atoms in total. The van der Waals surface area contributed by atoms with Crippen molar-refractivity contribution in [3.8, 4) is 0 Å². The van der Waals surface area contributed by atoms with E-state index < -0.39 is 0 Å². The van der Waals surface area contributed by atoms with E-state index in [0.29, 0.717) is 12.5 Å². The molecule has 16 heavy (non-hydrogen) atoms. The van der Waals surface area contributed by atoms with Gasteiger partial charge in [-0.05, 0) is 37.4 Å². The van der Waals surface area contributed by atoms with Crippen LogP contribution < -0.4 is 5.32 Å². The van der Waals surface area contributed by atoms with Gasteiger partial charge >= 0.3 is 0 Å². The van der Waals surface area contributed by atoms with E-state index in [1.165, 1.54) is 18.4 Å². The average Bonchev–Trinajstić information content (AvgIpc) is 2.82. The zero-order chi connectivity index (χ0) is 11.5. The second kappa shape index (κ2) is 4.79. The third-order valence-corrected chi connectivity index (χ3v) is 3.43. The first kappa shape index (κ1) is 11.3. The van der Waals surface area contributed by atoms with Crippen LogP contribution in [0.1, 0.15) is 53.7 Å². The maximum absolute atomic E-state index is 11.8. The van der Waals surface area contributed by atoms with Crippen LogP contribution in [-0.4, -0.2) is 12.3 Å². The van der Waals surface area contributed by atoms with E-state index in [0.717, 1.165) is 17.7 Å². The SMILES string of the molecule is CCC(=O)c1cccc(C2CCCN2)c1C. The number of nitrogens with one attached hydrogen (secondary N) is 1. The Balaban J connectivity index is 2.35. The van der Waals surface area contributed by atoms with Crippen LogP contribution in [0.15, 0.2) is 18.2 Å². The number of ketones is 1. The summed E-state index contributed by atoms with van der Waals surface area (Å²) in [5.41, 5.74) is 3.36. The molecule has 1 unspecified atom stereocenters. The van der Waals surface area contributed by atoms with Crippen molar-refractivity contribution in [3.05, 3.63) is 34.9 Å². The maximum atomic E-state index is 11.8. The van der Waals surface area contributed by atoms with E-state index in [4.69, 9.17) is 0 Å². The van der Waals surface area contributed by atoms with Crippen LogP contribution in [0.4, 0.5) is 0 Å². The van der Waals surface area contributed by atoms with Crippen molar-refractivity contribution in [2.45, 2.75) is 39.2 Å². The third-order valence-electron chi connectivity index (χ3n) is 3.43. The van der Waals surface area contributed by atoms with Gasteiger partial charge in [0.2, 0.25) is 0 Å². The highest BCUT2D eigenvalue weighted by Gasteiger charge is 2.20. The summed E-state index contributed by atoms with van der Waals surface area (Å²) in [5, 5.41) is 3.49. The standard InChI is InChI=1S/C14H19NO/c1-3-14(16)12-7-4-6-11(10(12)2)13-8-5-9-15-13/h4,6-7,13,15H,3,5,8-9H2,1-2H3. The summed E-state index contributed by atoms with van der Waals surface area (Å²) in [6, 6.07) is 6.54. The van der Waals surface area contributed by atoms with Gasteiger partial charge in [-0.25, -0.2) is 0 Å². The summed E-state index contributed by atoms with van der Waals surface area (Å²) in [4.78, 5) is 11.8. The maximum Gasteiger partial charge on any atom is 0.162 e. The highest BCUT2D eigenvalue weighted by Crippen LogP contribution is 2.27. The summed E-state index contributed by atoms with van der Waals surface area (Å²) in [6.07, 6.45) is 3.00. The Morgan fingerprint density at radius 2 is 2.31 bits per heavy atom. The number of carbonyl (C=O) groups is 1. The molecule has 0 aliphatic carbocycles. The fourth-order valence-corrected chi connectivity index (χ4v) is 2.47. The lowest BCUT2D eigenvalue weighted by molar-refractivity contribution is 0.0987. The molecule has 0 radical (unpaired) electrons. The van der Waals surface area contributed by atoms with E-state index in [1.54, 1.807) is 0 Å². The smallest absolute Gasteiger partial charge is 0.162 e. The van der Waals surface area contributed by atoms with Crippen LogP contribution in [0.2, 0.25) is 0 Å². The number of Topliss-reactive ketones (excluding diaryl/α,β-unsaturated/α-hetero) is 1. The zero-order valence-corrected chi connectivity index (χ0v) is 10.0. The van der Waals surface area contributed by atoms with Gasteiger partial charge in [0.25, 0.3) is 0 Å². The summed E-state index contributed by atoms with van der Waals surface area (Å²) in [7, 11) is 0. The van der Waals surface area contributed by atoms with Crippen LogP contribution in [0.5, 0.6) is 0 Å². The molecule has 0 saturated carbocycles. The molecule has 1 aromatic rings. The topological polar surface area (TPSA) is 29.1 Å². The Kier molecular flexibility index (Phi) is 3.39. The molecule has 1 heterocycles. The van der Waals surface area contributed by atoms with Gasteiger partial charge in [0.05, 0.1) is 0 Å². The van der Waals surface area contributed by atoms with Crippen molar-refractivity contribution < 1.29 is 4.79 Å². The van der Waals surface area contributed by atoms with Crippen molar-refractivity contribution >= 4 is 5.78 Å². The summed E-state index contributed by atoms with van der Waals surface area (Å²) < 4.78 is 0. The molecule has 1 fully saturated rings. The minimum Gasteiger partial charge on any atom is -0.310 e. The second-order valence-corrected chi connectivity index (χ2v) is 4.45. The van der Waals surface area contributed by atoms with E-state index in [2.05, 4.69) is 18.3 Å². The van der Waals surface area contributed by atoms with Crippen LogP contribution in [-0.2, 0) is 0 Å². The highest BCUT2D eigenvalue weighted by atomic mass is 16.1. The van der Waals surface area contributed by atoms with Crippen molar-refractivity contribution in [2.24, 2.45) is 0 Å². The van der Waals surface area contributed by atoms with Gasteiger partial charge < -0.3 is 5.32 Å². The highest BCUT2D eigenvalue weighted by molar-refractivity contribution is 5.97. The Morgan fingerprint density at radius 3 is 2.94 bits per heavy atom. The molecule has 1 aliphatic rings. The van der Waals surface area contributed by atoms with Crippen molar-refractivity contribution in [1.82, 2.24) is 5.32 Å². The molecule has 0 bridgehead atoms. The van der Waals surface area contributed by atoms with Gasteiger partial charge in [-0.3, -0.25) is 4.79 Å². The Morgan fingerprint density at radius 1 is 1.50 bits per heavy atom. The molecule has 2 heteroatoms. The lowest BCUT2D eigenvalue weighted by atomic mass is 9.93. The Labute approximate surface area is 97.1 Å². The predicted octanol–water partition coefficient (Wildman–Crippen LogP) is 3.01. The van der Waals surface area contributed by atoms with Gasteiger partial charge in [0, 0.05) is 18.0 Å². The normalized spacial score (nSPS) is 20.0. The van der Waals surface area contributed by atoms with E-state index >= 15 is 0 Å². The molecular formula is C14H19NO. The number of hydrogen-bond donors (Lipinski definition) is 1. The van der Waals surface area contributed by atoms with E-state index in [1.807, 2.05) is 19.1 Å². The van der Waals surface area contributed by atoms with Gasteiger partial charge in [-0.15, -0.1) is 0 Å². The van der Waals surface area contributed by atoms with Crippen LogP contribution in [0, 0.1) is 6.92 Å². The Bertz CT molecular complexity index is 392. The van der Waals surface area contributed by atoms with Gasteiger partial charge in [-0.2, -0.15) is 0 Å². The Hall–Kier alpha value is -1.15. The van der Waals surface area contributed by atoms with Crippen molar-refractivity contribution in [2.75, 3.05) is 6.54 Å². The molecule has 2 rings (SSSR count). The van der Waals surface area contributed by atoms with Gasteiger partial charge in [0.15, 0.2) is 5.78 Å². The monoisotopic (exact) mass is 217 g/mol. The molecular weight excluding hydrogens is 198 g/mol. The molecule has 86 valence electrons. The minimum atomic E-state index is 0.248. The van der Waals surface area contributed by atoms with Crippen molar-refractivity contribution in [1.29, 1.82) is 0 Å².